The zero-order chi connectivity index (χ0) is 15.8. The second-order valence-corrected chi connectivity index (χ2v) is 6.19. The first-order valence-corrected chi connectivity index (χ1v) is 8.51. The minimum Gasteiger partial charge on any atom is -0.375 e. The third-order valence-electron chi connectivity index (χ3n) is 4.14. The molecule has 0 aliphatic heterocycles. The molecule has 5 heteroatoms. The normalized spacial score (nSPS) is 19.7. The predicted octanol–water partition coefficient (Wildman–Crippen LogP) is 3.48. The van der Waals surface area contributed by atoms with Crippen LogP contribution in [0.5, 0.6) is 0 Å². The Hall–Kier alpha value is -0.980. The van der Waals surface area contributed by atoms with Gasteiger partial charge < -0.3 is 15.5 Å². The Morgan fingerprint density at radius 3 is 2.57 bits per heavy atom. The number of nitrogens with one attached hydrogen (secondary N) is 2. The summed E-state index contributed by atoms with van der Waals surface area (Å²) in [6.45, 7) is 7.27. The Morgan fingerprint density at radius 1 is 1.26 bits per heavy atom. The molecule has 1 aliphatic carbocycles. The maximum atomic E-state index is 4.67. The molecule has 1 aliphatic rings. The molecule has 1 aromatic carbocycles. The first kappa shape index (κ1) is 20.1. The molecule has 2 unspecified atom stereocenters. The van der Waals surface area contributed by atoms with Gasteiger partial charge in [-0.3, -0.25) is 4.99 Å². The van der Waals surface area contributed by atoms with E-state index in [1.807, 2.05) is 0 Å². The summed E-state index contributed by atoms with van der Waals surface area (Å²) in [7, 11) is 2.15. The zero-order valence-electron chi connectivity index (χ0n) is 14.6. The lowest BCUT2D eigenvalue weighted by Gasteiger charge is -2.18. The van der Waals surface area contributed by atoms with Gasteiger partial charge in [-0.2, -0.15) is 0 Å². The van der Waals surface area contributed by atoms with Crippen molar-refractivity contribution in [2.45, 2.75) is 39.2 Å². The number of hydrogen-bond donors (Lipinski definition) is 2. The minimum atomic E-state index is 0. The molecule has 23 heavy (non-hydrogen) atoms. The molecule has 0 spiro atoms. The van der Waals surface area contributed by atoms with E-state index in [9.17, 15) is 0 Å². The van der Waals surface area contributed by atoms with Crippen LogP contribution < -0.4 is 15.5 Å². The Labute approximate surface area is 158 Å². The number of para-hydroxylation sites is 1. The van der Waals surface area contributed by atoms with Gasteiger partial charge in [-0.05, 0) is 44.2 Å². The maximum absolute atomic E-state index is 4.67. The van der Waals surface area contributed by atoms with E-state index in [0.717, 1.165) is 44.4 Å². The zero-order valence-corrected chi connectivity index (χ0v) is 16.9. The SMILES string of the molecule is CCNC(=NCCCCN(C)c1ccccc1)NC1CC1C.I. The fourth-order valence-electron chi connectivity index (χ4n) is 2.48. The van der Waals surface area contributed by atoms with Gasteiger partial charge in [0.2, 0.25) is 0 Å². The maximum Gasteiger partial charge on any atom is 0.191 e. The van der Waals surface area contributed by atoms with Crippen LogP contribution in [0.25, 0.3) is 0 Å². The molecule has 0 aromatic heterocycles. The largest absolute Gasteiger partial charge is 0.375 e. The first-order chi connectivity index (χ1) is 10.7. The van der Waals surface area contributed by atoms with Gasteiger partial charge >= 0.3 is 0 Å². The van der Waals surface area contributed by atoms with Crippen molar-refractivity contribution < 1.29 is 0 Å². The molecule has 0 heterocycles. The first-order valence-electron chi connectivity index (χ1n) is 8.51. The van der Waals surface area contributed by atoms with Gasteiger partial charge in [0.1, 0.15) is 0 Å². The Morgan fingerprint density at radius 2 is 1.96 bits per heavy atom. The summed E-state index contributed by atoms with van der Waals surface area (Å²) in [6, 6.07) is 11.2. The van der Waals surface area contributed by atoms with Crippen LogP contribution in [-0.4, -0.2) is 38.7 Å². The Bertz CT molecular complexity index is 463. The van der Waals surface area contributed by atoms with Gasteiger partial charge in [0.15, 0.2) is 5.96 Å². The molecule has 1 aromatic rings. The molecule has 0 amide bonds. The summed E-state index contributed by atoms with van der Waals surface area (Å²) in [6.07, 6.45) is 3.55. The Balaban J connectivity index is 0.00000264. The topological polar surface area (TPSA) is 39.7 Å². The molecule has 4 nitrogen and oxygen atoms in total. The molecule has 1 fully saturated rings. The van der Waals surface area contributed by atoms with E-state index in [0.29, 0.717) is 6.04 Å². The number of rotatable bonds is 8. The highest BCUT2D eigenvalue weighted by atomic mass is 127. The van der Waals surface area contributed by atoms with Crippen LogP contribution >= 0.6 is 24.0 Å². The molecule has 130 valence electrons. The molecular formula is C18H31IN4. The molecule has 2 N–H and O–H groups in total. The summed E-state index contributed by atoms with van der Waals surface area (Å²) >= 11 is 0. The van der Waals surface area contributed by atoms with E-state index in [-0.39, 0.29) is 24.0 Å². The van der Waals surface area contributed by atoms with Gasteiger partial charge in [0.05, 0.1) is 0 Å². The van der Waals surface area contributed by atoms with Crippen LogP contribution in [-0.2, 0) is 0 Å². The fraction of sp³-hybridized carbons (Fsp3) is 0.611. The lowest BCUT2D eigenvalue weighted by atomic mass is 10.2. The van der Waals surface area contributed by atoms with Crippen LogP contribution in [0.1, 0.15) is 33.1 Å². The fourth-order valence-corrected chi connectivity index (χ4v) is 2.48. The molecule has 2 rings (SSSR count). The molecule has 0 radical (unpaired) electrons. The van der Waals surface area contributed by atoms with Crippen LogP contribution in [0.2, 0.25) is 0 Å². The lowest BCUT2D eigenvalue weighted by Crippen LogP contribution is -2.39. The number of benzene rings is 1. The number of nitrogens with zero attached hydrogens (tertiary/aromatic N) is 2. The number of anilines is 1. The standard InChI is InChI=1S/C18H30N4.HI/c1-4-19-18(21-17-14-15(17)2)20-12-8-9-13-22(3)16-10-6-5-7-11-16;/h5-7,10-11,15,17H,4,8-9,12-14H2,1-3H3,(H2,19,20,21);1H. The summed E-state index contributed by atoms with van der Waals surface area (Å²) in [5.74, 6) is 1.77. The van der Waals surface area contributed by atoms with E-state index in [4.69, 9.17) is 0 Å². The van der Waals surface area contributed by atoms with Crippen molar-refractivity contribution in [3.63, 3.8) is 0 Å². The van der Waals surface area contributed by atoms with Crippen molar-refractivity contribution in [2.24, 2.45) is 10.9 Å². The van der Waals surface area contributed by atoms with Crippen molar-refractivity contribution >= 4 is 35.6 Å². The van der Waals surface area contributed by atoms with Gasteiger partial charge in [0, 0.05) is 38.4 Å². The lowest BCUT2D eigenvalue weighted by molar-refractivity contribution is 0.714. The number of aliphatic imine (C=N–C) groups is 1. The van der Waals surface area contributed by atoms with E-state index < -0.39 is 0 Å². The molecule has 2 atom stereocenters. The monoisotopic (exact) mass is 430 g/mol. The molecule has 0 saturated heterocycles. The van der Waals surface area contributed by atoms with Crippen molar-refractivity contribution in [2.75, 3.05) is 31.6 Å². The Kier molecular flexibility index (Phi) is 9.36. The van der Waals surface area contributed by atoms with Crippen LogP contribution in [0.4, 0.5) is 5.69 Å². The third kappa shape index (κ3) is 7.42. The van der Waals surface area contributed by atoms with Gasteiger partial charge in [-0.25, -0.2) is 0 Å². The van der Waals surface area contributed by atoms with Crippen molar-refractivity contribution in [1.82, 2.24) is 10.6 Å². The van der Waals surface area contributed by atoms with E-state index in [1.165, 1.54) is 12.1 Å². The van der Waals surface area contributed by atoms with E-state index in [1.54, 1.807) is 0 Å². The van der Waals surface area contributed by atoms with Gasteiger partial charge in [-0.15, -0.1) is 24.0 Å². The van der Waals surface area contributed by atoms with Gasteiger partial charge in [0.25, 0.3) is 0 Å². The number of unbranched alkanes of at least 4 members (excludes halogenated alkanes) is 1. The smallest absolute Gasteiger partial charge is 0.191 e. The van der Waals surface area contributed by atoms with Gasteiger partial charge in [-0.1, -0.05) is 25.1 Å². The second-order valence-electron chi connectivity index (χ2n) is 6.19. The quantitative estimate of drug-likeness (QED) is 0.287. The van der Waals surface area contributed by atoms with E-state index >= 15 is 0 Å². The summed E-state index contributed by atoms with van der Waals surface area (Å²) in [5, 5.41) is 6.82. The average Bonchev–Trinajstić information content (AvgIpc) is 3.22. The average molecular weight is 430 g/mol. The summed E-state index contributed by atoms with van der Waals surface area (Å²) in [5.41, 5.74) is 1.28. The third-order valence-corrected chi connectivity index (χ3v) is 4.14. The minimum absolute atomic E-state index is 0. The van der Waals surface area contributed by atoms with Crippen molar-refractivity contribution in [3.8, 4) is 0 Å². The number of halogens is 1. The second kappa shape index (κ2) is 10.7. The van der Waals surface area contributed by atoms with E-state index in [2.05, 4.69) is 71.8 Å². The highest BCUT2D eigenvalue weighted by molar-refractivity contribution is 14.0. The number of guanidine groups is 1. The van der Waals surface area contributed by atoms with Crippen LogP contribution in [0.3, 0.4) is 0 Å². The van der Waals surface area contributed by atoms with Crippen LogP contribution in [0.15, 0.2) is 35.3 Å². The number of hydrogen-bond acceptors (Lipinski definition) is 2. The molecular weight excluding hydrogens is 399 g/mol. The molecule has 0 bridgehead atoms. The summed E-state index contributed by atoms with van der Waals surface area (Å²) < 4.78 is 0. The summed E-state index contributed by atoms with van der Waals surface area (Å²) in [4.78, 5) is 6.98. The van der Waals surface area contributed by atoms with Crippen LogP contribution in [0, 0.1) is 5.92 Å². The highest BCUT2D eigenvalue weighted by Gasteiger charge is 2.33. The highest BCUT2D eigenvalue weighted by Crippen LogP contribution is 2.28. The molecule has 1 saturated carbocycles. The predicted molar refractivity (Wildman–Crippen MR) is 111 cm³/mol. The van der Waals surface area contributed by atoms with Crippen molar-refractivity contribution in [1.29, 1.82) is 0 Å². The van der Waals surface area contributed by atoms with Crippen molar-refractivity contribution in [3.05, 3.63) is 30.3 Å².